The molecule has 1 unspecified atom stereocenters. The summed E-state index contributed by atoms with van der Waals surface area (Å²) in [5.74, 6) is -1.75. The minimum absolute atomic E-state index is 0.0269. The normalized spacial score (nSPS) is 13.4. The highest BCUT2D eigenvalue weighted by molar-refractivity contribution is 7.47. The van der Waals surface area contributed by atoms with Crippen molar-refractivity contribution in [1.82, 2.24) is 0 Å². The van der Waals surface area contributed by atoms with Crippen LogP contribution in [0.1, 0.15) is 348 Å². The lowest BCUT2D eigenvalue weighted by Gasteiger charge is -2.20. The highest BCUT2D eigenvalue weighted by atomic mass is 31.2. The van der Waals surface area contributed by atoms with Gasteiger partial charge in [0.1, 0.15) is 12.1 Å². The van der Waals surface area contributed by atoms with Gasteiger partial charge in [-0.05, 0) is 12.8 Å². The molecule has 73 heavy (non-hydrogen) atoms. The Bertz CT molecular complexity index is 1180. The van der Waals surface area contributed by atoms with Crippen LogP contribution >= 0.6 is 7.82 Å². The highest BCUT2D eigenvalue weighted by Gasteiger charge is 2.27. The zero-order valence-electron chi connectivity index (χ0n) is 48.5. The summed E-state index contributed by atoms with van der Waals surface area (Å²) in [6.07, 6.45) is 67.8. The van der Waals surface area contributed by atoms with Gasteiger partial charge in [-0.1, -0.05) is 328 Å². The van der Waals surface area contributed by atoms with Gasteiger partial charge in [0.2, 0.25) is 0 Å². The first-order valence-electron chi connectivity index (χ1n) is 32.1. The van der Waals surface area contributed by atoms with E-state index in [0.29, 0.717) is 6.61 Å². The number of carbonyl (C=O) groups excluding carboxylic acids is 1. The van der Waals surface area contributed by atoms with E-state index >= 15 is 0 Å². The molecule has 11 heteroatoms. The molecule has 0 fully saturated rings. The Kier molecular flexibility index (Phi) is 57.8. The molecule has 0 aliphatic rings. The molecule has 0 heterocycles. The molecule has 0 aliphatic heterocycles. The number of hydrogen-bond donors (Lipinski definition) is 3. The van der Waals surface area contributed by atoms with Gasteiger partial charge in [0.15, 0.2) is 0 Å². The summed E-state index contributed by atoms with van der Waals surface area (Å²) in [7, 11) is -4.62. The number of nitrogens with two attached hydrogens (primary N) is 1. The number of esters is 1. The number of carboxylic acid groups (broad SMARTS) is 1. The van der Waals surface area contributed by atoms with Crippen LogP contribution in [0.4, 0.5) is 0 Å². The maximum absolute atomic E-state index is 12.8. The Hall–Kier alpha value is -1.03. The quantitative estimate of drug-likeness (QED) is 0.0305. The van der Waals surface area contributed by atoms with Crippen LogP contribution in [-0.4, -0.2) is 60.5 Å². The lowest BCUT2D eigenvalue weighted by atomic mass is 10.0. The van der Waals surface area contributed by atoms with Gasteiger partial charge in [-0.3, -0.25) is 18.6 Å². The number of ether oxygens (including phenoxy) is 2. The van der Waals surface area contributed by atoms with E-state index in [1.54, 1.807) is 0 Å². The average Bonchev–Trinajstić information content (AvgIpc) is 3.37. The van der Waals surface area contributed by atoms with Crippen LogP contribution in [0.3, 0.4) is 0 Å². The van der Waals surface area contributed by atoms with E-state index in [2.05, 4.69) is 13.8 Å². The van der Waals surface area contributed by atoms with Crippen LogP contribution in [-0.2, 0) is 32.7 Å². The van der Waals surface area contributed by atoms with E-state index in [4.69, 9.17) is 29.4 Å². The van der Waals surface area contributed by atoms with Crippen molar-refractivity contribution in [3.63, 3.8) is 0 Å². The van der Waals surface area contributed by atoms with Gasteiger partial charge in [-0.25, -0.2) is 4.57 Å². The van der Waals surface area contributed by atoms with Gasteiger partial charge in [-0.15, -0.1) is 0 Å². The number of carboxylic acids is 1. The zero-order chi connectivity index (χ0) is 53.2. The van der Waals surface area contributed by atoms with E-state index in [0.717, 1.165) is 38.5 Å². The molecule has 0 aromatic heterocycles. The summed E-state index contributed by atoms with van der Waals surface area (Å²) >= 11 is 0. The van der Waals surface area contributed by atoms with Crippen molar-refractivity contribution in [2.75, 3.05) is 26.4 Å². The molecular weight excluding hydrogens is 934 g/mol. The first kappa shape index (κ1) is 72.0. The Morgan fingerprint density at radius 3 is 0.904 bits per heavy atom. The molecule has 0 saturated heterocycles. The molecule has 436 valence electrons. The van der Waals surface area contributed by atoms with Crippen LogP contribution < -0.4 is 5.73 Å². The second-order valence-electron chi connectivity index (χ2n) is 22.3. The number of unbranched alkanes of at least 4 members (excludes halogenated alkanes) is 49. The summed E-state index contributed by atoms with van der Waals surface area (Å²) in [4.78, 5) is 33.9. The maximum Gasteiger partial charge on any atom is 0.472 e. The molecular formula is C62H124NO9P. The van der Waals surface area contributed by atoms with Crippen LogP contribution in [0, 0.1) is 0 Å². The highest BCUT2D eigenvalue weighted by Crippen LogP contribution is 2.43. The monoisotopic (exact) mass is 1060 g/mol. The van der Waals surface area contributed by atoms with Crippen molar-refractivity contribution in [1.29, 1.82) is 0 Å². The fraction of sp³-hybridized carbons (Fsp3) is 0.968. The second-order valence-corrected chi connectivity index (χ2v) is 23.7. The summed E-state index contributed by atoms with van der Waals surface area (Å²) in [6, 6.07) is -1.47. The Morgan fingerprint density at radius 2 is 0.630 bits per heavy atom. The Morgan fingerprint density at radius 1 is 0.384 bits per heavy atom. The summed E-state index contributed by atoms with van der Waals surface area (Å²) in [5, 5.41) is 8.97. The number of aliphatic carboxylic acids is 1. The second kappa shape index (κ2) is 58.6. The van der Waals surface area contributed by atoms with Crippen molar-refractivity contribution in [3.05, 3.63) is 0 Å². The van der Waals surface area contributed by atoms with Crippen molar-refractivity contribution in [2.45, 2.75) is 360 Å². The lowest BCUT2D eigenvalue weighted by Crippen LogP contribution is -2.34. The van der Waals surface area contributed by atoms with E-state index < -0.39 is 45.1 Å². The fourth-order valence-electron chi connectivity index (χ4n) is 9.96. The number of carbonyl (C=O) groups is 2. The number of hydrogen-bond acceptors (Lipinski definition) is 8. The number of phosphoric acid groups is 1. The molecule has 0 rings (SSSR count). The predicted octanol–water partition coefficient (Wildman–Crippen LogP) is 19.8. The van der Waals surface area contributed by atoms with Gasteiger partial charge in [0, 0.05) is 13.0 Å². The van der Waals surface area contributed by atoms with Crippen LogP contribution in [0.5, 0.6) is 0 Å². The van der Waals surface area contributed by atoms with Crippen molar-refractivity contribution < 1.29 is 42.7 Å². The van der Waals surface area contributed by atoms with Crippen molar-refractivity contribution in [3.8, 4) is 0 Å². The third-order valence-electron chi connectivity index (χ3n) is 14.9. The fourth-order valence-corrected chi connectivity index (χ4v) is 10.7. The molecule has 4 N–H and O–H groups in total. The Labute approximate surface area is 452 Å². The van der Waals surface area contributed by atoms with E-state index in [1.807, 2.05) is 0 Å². The molecule has 0 bridgehead atoms. The summed E-state index contributed by atoms with van der Waals surface area (Å²) < 4.78 is 33.7. The minimum atomic E-state index is -4.62. The summed E-state index contributed by atoms with van der Waals surface area (Å²) in [5.41, 5.74) is 5.40. The largest absolute Gasteiger partial charge is 0.480 e. The molecule has 0 aliphatic carbocycles. The van der Waals surface area contributed by atoms with Gasteiger partial charge < -0.3 is 25.2 Å². The molecule has 0 saturated carbocycles. The van der Waals surface area contributed by atoms with Crippen LogP contribution in [0.2, 0.25) is 0 Å². The average molecular weight is 1060 g/mol. The lowest BCUT2D eigenvalue weighted by molar-refractivity contribution is -0.154. The third kappa shape index (κ3) is 58.5. The van der Waals surface area contributed by atoms with Gasteiger partial charge in [0.25, 0.3) is 0 Å². The van der Waals surface area contributed by atoms with Crippen molar-refractivity contribution >= 4 is 19.8 Å². The van der Waals surface area contributed by atoms with Crippen molar-refractivity contribution in [2.24, 2.45) is 5.73 Å². The summed E-state index contributed by atoms with van der Waals surface area (Å²) in [6.45, 7) is 3.99. The van der Waals surface area contributed by atoms with E-state index in [1.165, 1.54) is 289 Å². The Balaban J connectivity index is 3.90. The smallest absolute Gasteiger partial charge is 0.472 e. The molecule has 0 amide bonds. The molecule has 0 aromatic carbocycles. The van der Waals surface area contributed by atoms with Gasteiger partial charge >= 0.3 is 19.8 Å². The van der Waals surface area contributed by atoms with E-state index in [-0.39, 0.29) is 13.0 Å². The molecule has 0 spiro atoms. The van der Waals surface area contributed by atoms with Gasteiger partial charge in [0.05, 0.1) is 19.8 Å². The predicted molar refractivity (Wildman–Crippen MR) is 309 cm³/mol. The minimum Gasteiger partial charge on any atom is -0.480 e. The molecule has 10 nitrogen and oxygen atoms in total. The van der Waals surface area contributed by atoms with Gasteiger partial charge in [-0.2, -0.15) is 0 Å². The first-order valence-corrected chi connectivity index (χ1v) is 33.6. The van der Waals surface area contributed by atoms with E-state index in [9.17, 15) is 19.0 Å². The topological polar surface area (TPSA) is 155 Å². The standard InChI is InChI=1S/C62H124NO9P/c1-3-5-7-9-11-13-15-17-19-21-23-25-26-27-28-29-30-31-32-33-34-35-36-38-40-42-44-46-48-50-52-54-61(64)72-59(57-70-73(67,68)71-58-60(63)62(65)66)56-69-55-53-51-49-47-45-43-41-39-37-24-22-20-18-16-14-12-10-8-6-4-2/h59-60H,3-58,63H2,1-2H3,(H,65,66)(H,67,68)/t59-,60+/m1/s1. The SMILES string of the molecule is CCCCCCCCCCCCCCCCCCCCCCCCCCCCCCCCCC(=O)O[C@H](COCCCCCCCCCCCCCCCCCCCCCC)COP(=O)(O)OC[C@H](N)C(=O)O. The first-order chi connectivity index (χ1) is 35.7. The third-order valence-corrected chi connectivity index (χ3v) is 15.8. The molecule has 0 aromatic rings. The number of rotatable bonds is 63. The van der Waals surface area contributed by atoms with Crippen LogP contribution in [0.25, 0.3) is 0 Å². The molecule has 3 atom stereocenters. The maximum atomic E-state index is 12.8. The zero-order valence-corrected chi connectivity index (χ0v) is 49.4. The number of phosphoric ester groups is 1. The molecule has 0 radical (unpaired) electrons. The van der Waals surface area contributed by atoms with Crippen LogP contribution in [0.15, 0.2) is 0 Å².